The molecule has 4 nitrogen and oxygen atoms in total. The van der Waals surface area contributed by atoms with Crippen LogP contribution in [0.5, 0.6) is 0 Å². The number of ether oxygens (including phenoxy) is 1. The molecular weight excluding hydrogens is 341 g/mol. The molecule has 0 spiro atoms. The van der Waals surface area contributed by atoms with Gasteiger partial charge in [-0.2, -0.15) is 0 Å². The predicted octanol–water partition coefficient (Wildman–Crippen LogP) is 4.59. The van der Waals surface area contributed by atoms with Crippen molar-refractivity contribution in [3.63, 3.8) is 0 Å². The number of rotatable bonds is 4. The van der Waals surface area contributed by atoms with Gasteiger partial charge in [-0.3, -0.25) is 4.79 Å². The van der Waals surface area contributed by atoms with Gasteiger partial charge in [-0.05, 0) is 29.8 Å². The molecule has 0 aliphatic rings. The fraction of sp³-hybridized carbons (Fsp3) is 0.0526. The van der Waals surface area contributed by atoms with Crippen LogP contribution in [0.1, 0.15) is 20.7 Å². The zero-order valence-electron chi connectivity index (χ0n) is 13.3. The Kier molecular flexibility index (Phi) is 4.90. The van der Waals surface area contributed by atoms with E-state index in [2.05, 4.69) is 5.32 Å². The average molecular weight is 355 g/mol. The Morgan fingerprint density at radius 2 is 1.72 bits per heavy atom. The molecule has 0 fully saturated rings. The number of nitrogens with one attached hydrogen (secondary N) is 1. The van der Waals surface area contributed by atoms with Crippen LogP contribution in [0.2, 0.25) is 0 Å². The van der Waals surface area contributed by atoms with Crippen molar-refractivity contribution in [2.45, 2.75) is 0 Å². The van der Waals surface area contributed by atoms with Crippen LogP contribution in [0.25, 0.3) is 11.1 Å². The second-order valence-corrected chi connectivity index (χ2v) is 6.05. The van der Waals surface area contributed by atoms with Crippen LogP contribution in [-0.4, -0.2) is 19.0 Å². The summed E-state index contributed by atoms with van der Waals surface area (Å²) >= 11 is 1.23. The van der Waals surface area contributed by atoms with Crippen LogP contribution in [0.4, 0.5) is 9.39 Å². The number of hydrogen-bond acceptors (Lipinski definition) is 4. The van der Waals surface area contributed by atoms with Gasteiger partial charge in [-0.1, -0.05) is 30.3 Å². The number of benzene rings is 2. The van der Waals surface area contributed by atoms with E-state index in [0.717, 1.165) is 5.56 Å². The summed E-state index contributed by atoms with van der Waals surface area (Å²) in [6, 6.07) is 14.5. The Morgan fingerprint density at radius 1 is 1.04 bits per heavy atom. The zero-order valence-corrected chi connectivity index (χ0v) is 14.1. The highest BCUT2D eigenvalue weighted by atomic mass is 32.1. The van der Waals surface area contributed by atoms with E-state index in [1.807, 2.05) is 30.3 Å². The molecule has 0 atom stereocenters. The van der Waals surface area contributed by atoms with Gasteiger partial charge in [0.05, 0.1) is 7.11 Å². The van der Waals surface area contributed by atoms with E-state index >= 15 is 0 Å². The highest BCUT2D eigenvalue weighted by molar-refractivity contribution is 7.15. The number of carbonyl (C=O) groups excluding carboxylic acids is 2. The Morgan fingerprint density at radius 3 is 2.36 bits per heavy atom. The largest absolute Gasteiger partial charge is 0.465 e. The minimum absolute atomic E-state index is 0.298. The molecule has 126 valence electrons. The summed E-state index contributed by atoms with van der Waals surface area (Å²) in [6.45, 7) is 0. The second kappa shape index (κ2) is 7.27. The van der Waals surface area contributed by atoms with Gasteiger partial charge in [-0.25, -0.2) is 9.18 Å². The normalized spacial score (nSPS) is 10.3. The quantitative estimate of drug-likeness (QED) is 0.696. The molecule has 0 saturated heterocycles. The van der Waals surface area contributed by atoms with Crippen molar-refractivity contribution in [3.05, 3.63) is 76.9 Å². The average Bonchev–Trinajstić information content (AvgIpc) is 3.05. The van der Waals surface area contributed by atoms with Gasteiger partial charge in [0.1, 0.15) is 16.4 Å². The maximum atomic E-state index is 13.0. The first-order valence-electron chi connectivity index (χ1n) is 7.42. The molecule has 0 bridgehead atoms. The van der Waals surface area contributed by atoms with Gasteiger partial charge in [0, 0.05) is 16.5 Å². The minimum Gasteiger partial charge on any atom is -0.465 e. The van der Waals surface area contributed by atoms with Crippen LogP contribution in [0, 0.1) is 5.82 Å². The van der Waals surface area contributed by atoms with Crippen LogP contribution >= 0.6 is 11.3 Å². The first kappa shape index (κ1) is 16.9. The number of halogens is 1. The van der Waals surface area contributed by atoms with E-state index < -0.39 is 17.7 Å². The smallest absolute Gasteiger partial charge is 0.341 e. The lowest BCUT2D eigenvalue weighted by molar-refractivity contribution is 0.0603. The molecule has 0 saturated carbocycles. The molecule has 0 radical (unpaired) electrons. The van der Waals surface area contributed by atoms with Crippen LogP contribution in [-0.2, 0) is 4.74 Å². The van der Waals surface area contributed by atoms with Crippen LogP contribution in [0.3, 0.4) is 0 Å². The second-order valence-electron chi connectivity index (χ2n) is 5.17. The zero-order chi connectivity index (χ0) is 17.8. The van der Waals surface area contributed by atoms with Gasteiger partial charge < -0.3 is 10.1 Å². The van der Waals surface area contributed by atoms with E-state index in [1.165, 1.54) is 42.7 Å². The number of esters is 1. The summed E-state index contributed by atoms with van der Waals surface area (Å²) in [4.78, 5) is 24.6. The molecule has 0 aliphatic heterocycles. The van der Waals surface area contributed by atoms with E-state index in [0.29, 0.717) is 21.7 Å². The number of thiophene rings is 1. The molecule has 25 heavy (non-hydrogen) atoms. The van der Waals surface area contributed by atoms with Crippen LogP contribution < -0.4 is 5.32 Å². The Balaban J connectivity index is 1.96. The van der Waals surface area contributed by atoms with Crippen LogP contribution in [0.15, 0.2) is 60.0 Å². The van der Waals surface area contributed by atoms with Crippen molar-refractivity contribution >= 4 is 28.2 Å². The molecule has 6 heteroatoms. The highest BCUT2D eigenvalue weighted by Crippen LogP contribution is 2.36. The lowest BCUT2D eigenvalue weighted by atomic mass is 10.0. The lowest BCUT2D eigenvalue weighted by Gasteiger charge is -2.08. The van der Waals surface area contributed by atoms with Crippen molar-refractivity contribution in [2.75, 3.05) is 12.4 Å². The molecule has 0 unspecified atom stereocenters. The molecule has 0 aliphatic carbocycles. The summed E-state index contributed by atoms with van der Waals surface area (Å²) in [6.07, 6.45) is 0. The monoisotopic (exact) mass is 355 g/mol. The summed E-state index contributed by atoms with van der Waals surface area (Å²) in [5, 5.41) is 4.89. The number of carbonyl (C=O) groups is 2. The Bertz CT molecular complexity index is 904. The predicted molar refractivity (Wildman–Crippen MR) is 95.4 cm³/mol. The van der Waals surface area contributed by atoms with Crippen molar-refractivity contribution in [3.8, 4) is 11.1 Å². The van der Waals surface area contributed by atoms with Crippen molar-refractivity contribution in [1.29, 1.82) is 0 Å². The molecular formula is C19H14FNO3S. The maximum Gasteiger partial charge on any atom is 0.341 e. The van der Waals surface area contributed by atoms with Gasteiger partial charge in [-0.15, -0.1) is 11.3 Å². The third-order valence-electron chi connectivity index (χ3n) is 3.60. The van der Waals surface area contributed by atoms with Gasteiger partial charge in [0.2, 0.25) is 0 Å². The van der Waals surface area contributed by atoms with E-state index in [4.69, 9.17) is 4.74 Å². The molecule has 1 aromatic heterocycles. The molecule has 1 amide bonds. The summed E-state index contributed by atoms with van der Waals surface area (Å²) in [5.41, 5.74) is 2.13. The topological polar surface area (TPSA) is 55.4 Å². The first-order chi connectivity index (χ1) is 12.1. The van der Waals surface area contributed by atoms with Gasteiger partial charge in [0.25, 0.3) is 5.91 Å². The summed E-state index contributed by atoms with van der Waals surface area (Å²) < 4.78 is 17.9. The minimum atomic E-state index is -0.533. The fourth-order valence-corrected chi connectivity index (χ4v) is 3.31. The SMILES string of the molecule is COC(=O)c1c(-c2ccccc2)csc1NC(=O)c1ccc(F)cc1. The van der Waals surface area contributed by atoms with E-state index in [1.54, 1.807) is 5.38 Å². The third-order valence-corrected chi connectivity index (χ3v) is 4.49. The van der Waals surface area contributed by atoms with Crippen molar-refractivity contribution in [2.24, 2.45) is 0 Å². The van der Waals surface area contributed by atoms with E-state index in [-0.39, 0.29) is 0 Å². The maximum absolute atomic E-state index is 13.0. The standard InChI is InChI=1S/C19H14FNO3S/c1-24-19(23)16-15(12-5-3-2-4-6-12)11-25-18(16)21-17(22)13-7-9-14(20)10-8-13/h2-11H,1H3,(H,21,22). The molecule has 3 rings (SSSR count). The van der Waals surface area contributed by atoms with Gasteiger partial charge >= 0.3 is 5.97 Å². The number of methoxy groups -OCH3 is 1. The highest BCUT2D eigenvalue weighted by Gasteiger charge is 2.22. The third kappa shape index (κ3) is 3.59. The first-order valence-corrected chi connectivity index (χ1v) is 8.30. The van der Waals surface area contributed by atoms with E-state index in [9.17, 15) is 14.0 Å². The molecule has 1 N–H and O–H groups in total. The molecule has 1 heterocycles. The lowest BCUT2D eigenvalue weighted by Crippen LogP contribution is -2.14. The molecule has 2 aromatic carbocycles. The van der Waals surface area contributed by atoms with Crippen molar-refractivity contribution in [1.82, 2.24) is 0 Å². The Labute approximate surface area is 147 Å². The Hall–Kier alpha value is -2.99. The van der Waals surface area contributed by atoms with Gasteiger partial charge in [0.15, 0.2) is 0 Å². The number of anilines is 1. The molecule has 3 aromatic rings. The number of amides is 1. The summed E-state index contributed by atoms with van der Waals surface area (Å²) in [7, 11) is 1.29. The fourth-order valence-electron chi connectivity index (χ4n) is 2.36. The summed E-state index contributed by atoms with van der Waals surface area (Å²) in [5.74, 6) is -1.38. The number of hydrogen-bond donors (Lipinski definition) is 1. The van der Waals surface area contributed by atoms with Crippen molar-refractivity contribution < 1.29 is 18.7 Å².